The third-order valence-corrected chi connectivity index (χ3v) is 4.82. The Morgan fingerprint density at radius 3 is 1.32 bits per heavy atom. The second-order valence-corrected chi connectivity index (χ2v) is 9.50. The van der Waals surface area contributed by atoms with Crippen molar-refractivity contribution in [2.24, 2.45) is 42.9 Å². The van der Waals surface area contributed by atoms with E-state index in [9.17, 15) is 0 Å². The standard InChI is InChI=1S/C22H30Cl2N10.FH.H3O4P.Zn/c23-15-5-9-17(10-6-15)31-21(27)33-19(25)29-13-3-1-2-4-14-30-20(26)34-22(28)32-18-11-7-16(24)8-12-18;;1-5(2,3)4;/h5-12H,1-4,13-14H2,(H5,25,27,29,31,33)(H5,26,28,30,32,34);1H;(H3,1,2,3,4);/q;;;+2/p-2. The Morgan fingerprint density at radius 1 is 0.732 bits per heavy atom. The third kappa shape index (κ3) is 23.6. The molecule has 0 spiro atoms. The number of unbranched alkanes of at least 4 members (excludes halogenated alkanes) is 3. The summed E-state index contributed by atoms with van der Waals surface area (Å²) in [5, 5.41) is 7.11. The van der Waals surface area contributed by atoms with E-state index in [-0.39, 0.29) is 48.0 Å². The number of rotatable bonds is 9. The van der Waals surface area contributed by atoms with E-state index in [1.54, 1.807) is 48.5 Å². The molecule has 41 heavy (non-hydrogen) atoms. The van der Waals surface area contributed by atoms with E-state index in [0.717, 1.165) is 37.1 Å². The van der Waals surface area contributed by atoms with Gasteiger partial charge in [-0.1, -0.05) is 36.0 Å². The SMILES string of the molecule is NC(=NCCCCCCN=C(N)N=C(N)Nc1ccc(Cl)cc1)N=C(N)Nc1ccc(Cl)cc1.O=P([O-])(O)O.[F-].[Zn+2]. The molecule has 0 amide bonds. The van der Waals surface area contributed by atoms with E-state index in [4.69, 9.17) is 65.4 Å². The molecule has 0 aliphatic carbocycles. The number of hydrogen-bond acceptors (Lipinski definition) is 4. The molecule has 0 radical (unpaired) electrons. The summed E-state index contributed by atoms with van der Waals surface area (Å²) in [6, 6.07) is 14.1. The van der Waals surface area contributed by atoms with E-state index >= 15 is 0 Å². The van der Waals surface area contributed by atoms with Gasteiger partial charge in [0.2, 0.25) is 23.8 Å². The Labute approximate surface area is 259 Å². The van der Waals surface area contributed by atoms with Crippen LogP contribution in [0.5, 0.6) is 0 Å². The first-order valence-electron chi connectivity index (χ1n) is 11.4. The minimum Gasteiger partial charge on any atom is -1.00 e. The van der Waals surface area contributed by atoms with Gasteiger partial charge in [0, 0.05) is 34.5 Å². The van der Waals surface area contributed by atoms with Crippen molar-refractivity contribution in [2.75, 3.05) is 23.7 Å². The molecule has 0 aliphatic rings. The molecule has 2 aromatic rings. The van der Waals surface area contributed by atoms with Gasteiger partial charge >= 0.3 is 19.5 Å². The molecule has 0 heterocycles. The fraction of sp³-hybridized carbons (Fsp3) is 0.273. The number of aliphatic imine (C=N–C) groups is 4. The van der Waals surface area contributed by atoms with Crippen molar-refractivity contribution in [3.63, 3.8) is 0 Å². The molecule has 2 rings (SSSR count). The van der Waals surface area contributed by atoms with Crippen LogP contribution in [0.2, 0.25) is 10.0 Å². The Hall–Kier alpha value is -2.84. The van der Waals surface area contributed by atoms with Gasteiger partial charge in [0.15, 0.2) is 0 Å². The first-order chi connectivity index (χ1) is 18.3. The van der Waals surface area contributed by atoms with Gasteiger partial charge in [-0.25, -0.2) is 0 Å². The largest absolute Gasteiger partial charge is 2.00 e. The van der Waals surface area contributed by atoms with Crippen molar-refractivity contribution < 1.29 is 43.4 Å². The van der Waals surface area contributed by atoms with Crippen LogP contribution in [0.25, 0.3) is 0 Å². The second-order valence-electron chi connectivity index (χ2n) is 7.64. The van der Waals surface area contributed by atoms with Gasteiger partial charge < -0.3 is 53.0 Å². The van der Waals surface area contributed by atoms with Gasteiger partial charge in [0.25, 0.3) is 7.82 Å². The van der Waals surface area contributed by atoms with Gasteiger partial charge in [0.05, 0.1) is 0 Å². The number of anilines is 2. The summed E-state index contributed by atoms with van der Waals surface area (Å²) in [4.78, 5) is 39.4. The minimum atomic E-state index is -4.89. The molecular weight excluding hydrogens is 655 g/mol. The van der Waals surface area contributed by atoms with Gasteiger partial charge in [0.1, 0.15) is 0 Å². The molecule has 0 atom stereocenters. The molecule has 0 saturated carbocycles. The molecule has 14 nitrogen and oxygen atoms in total. The first kappa shape index (κ1) is 40.3. The number of nitrogens with two attached hydrogens (primary N) is 4. The molecule has 0 bridgehead atoms. The van der Waals surface area contributed by atoms with E-state index in [1.165, 1.54) is 0 Å². The van der Waals surface area contributed by atoms with Crippen LogP contribution >= 0.6 is 31.0 Å². The van der Waals surface area contributed by atoms with E-state index in [0.29, 0.717) is 23.1 Å². The molecule has 2 aromatic carbocycles. The van der Waals surface area contributed by atoms with Crippen LogP contribution in [-0.2, 0) is 24.0 Å². The monoisotopic (exact) mass is 684 g/mol. The molecule has 0 saturated heterocycles. The van der Waals surface area contributed by atoms with Crippen molar-refractivity contribution in [1.29, 1.82) is 0 Å². The molecular formula is C22H32Cl2FN10O4PZn. The summed E-state index contributed by atoms with van der Waals surface area (Å²) in [5.41, 5.74) is 24.8. The Kier molecular flexibility index (Phi) is 21.5. The van der Waals surface area contributed by atoms with Gasteiger partial charge in [-0.2, -0.15) is 9.98 Å². The van der Waals surface area contributed by atoms with Crippen molar-refractivity contribution in [2.45, 2.75) is 25.7 Å². The average Bonchev–Trinajstić information content (AvgIpc) is 2.82. The zero-order valence-corrected chi connectivity index (χ0v) is 27.3. The van der Waals surface area contributed by atoms with Crippen molar-refractivity contribution in [3.8, 4) is 0 Å². The summed E-state index contributed by atoms with van der Waals surface area (Å²) >= 11 is 11.7. The Morgan fingerprint density at radius 2 is 1.02 bits per heavy atom. The van der Waals surface area contributed by atoms with Gasteiger partial charge in [-0.3, -0.25) is 14.5 Å². The topological polar surface area (TPSA) is 258 Å². The maximum absolute atomic E-state index is 8.77. The maximum atomic E-state index is 8.77. The number of phosphoric acid groups is 1. The predicted octanol–water partition coefficient (Wildman–Crippen LogP) is -1.22. The zero-order chi connectivity index (χ0) is 29.3. The van der Waals surface area contributed by atoms with Crippen molar-refractivity contribution in [3.05, 3.63) is 58.6 Å². The molecule has 19 heteroatoms. The van der Waals surface area contributed by atoms with E-state index < -0.39 is 7.82 Å². The number of halogens is 3. The van der Waals surface area contributed by atoms with Crippen molar-refractivity contribution in [1.82, 2.24) is 0 Å². The van der Waals surface area contributed by atoms with E-state index in [1.807, 2.05) is 0 Å². The van der Waals surface area contributed by atoms with Crippen LogP contribution in [0.15, 0.2) is 68.5 Å². The molecule has 222 valence electrons. The van der Waals surface area contributed by atoms with Crippen molar-refractivity contribution >= 4 is 66.2 Å². The average molecular weight is 687 g/mol. The van der Waals surface area contributed by atoms with Crippen LogP contribution in [0.3, 0.4) is 0 Å². The molecule has 0 fully saturated rings. The maximum Gasteiger partial charge on any atom is 2.00 e. The number of nitrogens with zero attached hydrogens (tertiary/aromatic N) is 4. The zero-order valence-electron chi connectivity index (χ0n) is 22.0. The smallest absolute Gasteiger partial charge is 1.00 e. The first-order valence-corrected chi connectivity index (χ1v) is 13.7. The van der Waals surface area contributed by atoms with Crippen LogP contribution in [-0.4, -0.2) is 46.7 Å². The molecule has 0 aliphatic heterocycles. The fourth-order valence-electron chi connectivity index (χ4n) is 2.70. The van der Waals surface area contributed by atoms with Gasteiger partial charge in [-0.15, -0.1) is 0 Å². The van der Waals surface area contributed by atoms with Crippen LogP contribution in [0, 0.1) is 0 Å². The van der Waals surface area contributed by atoms with Crippen LogP contribution in [0.1, 0.15) is 25.7 Å². The summed E-state index contributed by atoms with van der Waals surface area (Å²) in [6.45, 7) is 1.12. The normalized spacial score (nSPS) is 12.3. The molecule has 0 aromatic heterocycles. The van der Waals surface area contributed by atoms with Gasteiger partial charge in [-0.05, 0) is 61.4 Å². The third-order valence-electron chi connectivity index (χ3n) is 4.32. The Balaban J connectivity index is 0. The molecule has 0 unspecified atom stereocenters. The summed E-state index contributed by atoms with van der Waals surface area (Å²) < 4.78 is 8.77. The number of hydrogen-bond donors (Lipinski definition) is 8. The van der Waals surface area contributed by atoms with Crippen LogP contribution < -0.4 is 43.2 Å². The van der Waals surface area contributed by atoms with E-state index in [2.05, 4.69) is 30.6 Å². The quantitative estimate of drug-likeness (QED) is 0.0513. The predicted molar refractivity (Wildman–Crippen MR) is 157 cm³/mol. The summed E-state index contributed by atoms with van der Waals surface area (Å²) in [7, 11) is -4.89. The minimum absolute atomic E-state index is 0. The summed E-state index contributed by atoms with van der Waals surface area (Å²) in [6.07, 6.45) is 3.68. The second kappa shape index (κ2) is 21.8. The fourth-order valence-corrected chi connectivity index (χ4v) is 2.95. The number of guanidine groups is 4. The number of nitrogens with one attached hydrogen (secondary N) is 2. The number of benzene rings is 2. The van der Waals surface area contributed by atoms with Crippen LogP contribution in [0.4, 0.5) is 11.4 Å². The summed E-state index contributed by atoms with van der Waals surface area (Å²) in [5.74, 6) is 0.564. The molecule has 12 N–H and O–H groups in total. The Bertz CT molecular complexity index is 1110.